The first-order valence-corrected chi connectivity index (χ1v) is 8.75. The molecule has 1 aliphatic carbocycles. The molecule has 0 spiro atoms. The molecule has 20 heavy (non-hydrogen) atoms. The molecule has 1 aliphatic heterocycles. The van der Waals surface area contributed by atoms with Crippen molar-refractivity contribution < 1.29 is 4.79 Å². The van der Waals surface area contributed by atoms with Crippen LogP contribution in [0, 0.1) is 17.3 Å². The molecule has 0 amide bonds. The molecule has 0 bridgehead atoms. The summed E-state index contributed by atoms with van der Waals surface area (Å²) in [7, 11) is 0. The first kappa shape index (κ1) is 16.0. The topological polar surface area (TPSA) is 20.3 Å². The number of hydrogen-bond donors (Lipinski definition) is 0. The zero-order valence-electron chi connectivity index (χ0n) is 13.8. The first-order valence-electron chi connectivity index (χ1n) is 8.75. The van der Waals surface area contributed by atoms with Crippen molar-refractivity contribution in [3.8, 4) is 0 Å². The predicted molar refractivity (Wildman–Crippen MR) is 84.8 cm³/mol. The molecule has 0 N–H and O–H groups in total. The van der Waals surface area contributed by atoms with Crippen LogP contribution in [0.1, 0.15) is 72.1 Å². The lowest BCUT2D eigenvalue weighted by molar-refractivity contribution is -0.127. The summed E-state index contributed by atoms with van der Waals surface area (Å²) < 4.78 is 0. The highest BCUT2D eigenvalue weighted by atomic mass is 16.1. The molecule has 1 heterocycles. The molecule has 1 saturated heterocycles. The molecule has 0 aromatic heterocycles. The van der Waals surface area contributed by atoms with E-state index in [0.717, 1.165) is 31.7 Å². The Balaban J connectivity index is 1.84. The fraction of sp³-hybridized carbons (Fsp3) is 0.944. The van der Waals surface area contributed by atoms with Gasteiger partial charge in [-0.2, -0.15) is 0 Å². The third kappa shape index (κ3) is 4.58. The van der Waals surface area contributed by atoms with E-state index >= 15 is 0 Å². The van der Waals surface area contributed by atoms with Gasteiger partial charge in [0.25, 0.3) is 0 Å². The molecular weight excluding hydrogens is 246 g/mol. The minimum absolute atomic E-state index is 0.307. The summed E-state index contributed by atoms with van der Waals surface area (Å²) >= 11 is 0. The van der Waals surface area contributed by atoms with Gasteiger partial charge in [0.05, 0.1) is 0 Å². The van der Waals surface area contributed by atoms with Gasteiger partial charge in [-0.05, 0) is 56.5 Å². The molecule has 2 atom stereocenters. The van der Waals surface area contributed by atoms with Crippen LogP contribution in [-0.4, -0.2) is 30.3 Å². The highest BCUT2D eigenvalue weighted by Crippen LogP contribution is 2.37. The molecule has 2 rings (SSSR count). The quantitative estimate of drug-likeness (QED) is 0.765. The SMILES string of the molecule is CCCC1CCCN(CC2CC(C)(C)CCC2=O)CC1. The number of nitrogens with zero attached hydrogens (tertiary/aromatic N) is 1. The molecule has 2 unspecified atom stereocenters. The second-order valence-electron chi connectivity index (χ2n) is 7.92. The smallest absolute Gasteiger partial charge is 0.137 e. The minimum atomic E-state index is 0.307. The van der Waals surface area contributed by atoms with Crippen molar-refractivity contribution in [2.24, 2.45) is 17.3 Å². The number of likely N-dealkylation sites (tertiary alicyclic amines) is 1. The van der Waals surface area contributed by atoms with Gasteiger partial charge in [-0.15, -0.1) is 0 Å². The van der Waals surface area contributed by atoms with Gasteiger partial charge >= 0.3 is 0 Å². The molecule has 0 aromatic carbocycles. The minimum Gasteiger partial charge on any atom is -0.303 e. The Morgan fingerprint density at radius 2 is 2.05 bits per heavy atom. The van der Waals surface area contributed by atoms with E-state index in [-0.39, 0.29) is 0 Å². The Hall–Kier alpha value is -0.370. The fourth-order valence-corrected chi connectivity index (χ4v) is 4.13. The summed E-state index contributed by atoms with van der Waals surface area (Å²) in [6.45, 7) is 10.4. The third-order valence-electron chi connectivity index (χ3n) is 5.42. The molecule has 0 aromatic rings. The van der Waals surface area contributed by atoms with Crippen LogP contribution < -0.4 is 0 Å². The molecule has 2 aliphatic rings. The maximum absolute atomic E-state index is 12.2. The Morgan fingerprint density at radius 1 is 1.25 bits per heavy atom. The zero-order chi connectivity index (χ0) is 14.6. The van der Waals surface area contributed by atoms with Crippen LogP contribution in [0.2, 0.25) is 0 Å². The average molecular weight is 279 g/mol. The molecular formula is C18H33NO. The van der Waals surface area contributed by atoms with Crippen molar-refractivity contribution in [2.75, 3.05) is 19.6 Å². The Kier molecular flexibility index (Phi) is 5.65. The second kappa shape index (κ2) is 7.06. The van der Waals surface area contributed by atoms with Crippen molar-refractivity contribution in [3.63, 3.8) is 0 Å². The van der Waals surface area contributed by atoms with E-state index < -0.39 is 0 Å². The van der Waals surface area contributed by atoms with Crippen molar-refractivity contribution in [1.29, 1.82) is 0 Å². The standard InChI is InChI=1S/C18H33NO/c1-4-6-15-7-5-11-19(12-9-15)14-16-13-18(2,3)10-8-17(16)20/h15-16H,4-14H2,1-3H3. The molecule has 2 nitrogen and oxygen atoms in total. The van der Waals surface area contributed by atoms with Gasteiger partial charge in [-0.1, -0.05) is 33.6 Å². The maximum atomic E-state index is 12.2. The number of Topliss-reactive ketones (excluding diaryl/α,β-unsaturated/α-hetero) is 1. The lowest BCUT2D eigenvalue weighted by Gasteiger charge is -2.36. The summed E-state index contributed by atoms with van der Waals surface area (Å²) in [6, 6.07) is 0. The van der Waals surface area contributed by atoms with Gasteiger partial charge in [0.2, 0.25) is 0 Å². The van der Waals surface area contributed by atoms with Crippen molar-refractivity contribution >= 4 is 5.78 Å². The van der Waals surface area contributed by atoms with Gasteiger partial charge in [0.1, 0.15) is 5.78 Å². The van der Waals surface area contributed by atoms with Crippen molar-refractivity contribution in [3.05, 3.63) is 0 Å². The maximum Gasteiger partial charge on any atom is 0.137 e. The van der Waals surface area contributed by atoms with Gasteiger partial charge in [0, 0.05) is 18.9 Å². The second-order valence-corrected chi connectivity index (χ2v) is 7.92. The van der Waals surface area contributed by atoms with E-state index in [1.54, 1.807) is 0 Å². The van der Waals surface area contributed by atoms with E-state index in [2.05, 4.69) is 25.7 Å². The molecule has 2 fully saturated rings. The summed E-state index contributed by atoms with van der Waals surface area (Å²) in [5.41, 5.74) is 0.370. The highest BCUT2D eigenvalue weighted by Gasteiger charge is 2.34. The molecule has 0 radical (unpaired) electrons. The van der Waals surface area contributed by atoms with Crippen LogP contribution in [-0.2, 0) is 4.79 Å². The van der Waals surface area contributed by atoms with Crippen LogP contribution in [0.15, 0.2) is 0 Å². The summed E-state index contributed by atoms with van der Waals surface area (Å²) in [5.74, 6) is 1.77. The summed E-state index contributed by atoms with van der Waals surface area (Å²) in [5, 5.41) is 0. The fourth-order valence-electron chi connectivity index (χ4n) is 4.13. The van der Waals surface area contributed by atoms with Crippen LogP contribution in [0.3, 0.4) is 0 Å². The van der Waals surface area contributed by atoms with Gasteiger partial charge < -0.3 is 4.90 Å². The van der Waals surface area contributed by atoms with Gasteiger partial charge in [0.15, 0.2) is 0 Å². The first-order chi connectivity index (χ1) is 9.50. The van der Waals surface area contributed by atoms with Crippen molar-refractivity contribution in [1.82, 2.24) is 4.90 Å². The van der Waals surface area contributed by atoms with Crippen LogP contribution in [0.5, 0.6) is 0 Å². The van der Waals surface area contributed by atoms with E-state index in [4.69, 9.17) is 0 Å². The largest absolute Gasteiger partial charge is 0.303 e. The average Bonchev–Trinajstić information content (AvgIpc) is 2.60. The van der Waals surface area contributed by atoms with E-state index in [0.29, 0.717) is 17.1 Å². The van der Waals surface area contributed by atoms with Gasteiger partial charge in [-0.3, -0.25) is 4.79 Å². The molecule has 1 saturated carbocycles. The lowest BCUT2D eigenvalue weighted by atomic mass is 9.71. The molecule has 116 valence electrons. The Labute approximate surface area is 125 Å². The van der Waals surface area contributed by atoms with E-state index in [1.807, 2.05) is 0 Å². The monoisotopic (exact) mass is 279 g/mol. The number of carbonyl (C=O) groups excluding carboxylic acids is 1. The lowest BCUT2D eigenvalue weighted by Crippen LogP contribution is -2.39. The van der Waals surface area contributed by atoms with E-state index in [1.165, 1.54) is 45.2 Å². The van der Waals surface area contributed by atoms with E-state index in [9.17, 15) is 4.79 Å². The van der Waals surface area contributed by atoms with Gasteiger partial charge in [-0.25, -0.2) is 0 Å². The van der Waals surface area contributed by atoms with Crippen LogP contribution in [0.25, 0.3) is 0 Å². The normalized spacial score (nSPS) is 32.0. The Bertz CT molecular complexity index is 323. The highest BCUT2D eigenvalue weighted by molar-refractivity contribution is 5.82. The van der Waals surface area contributed by atoms with Crippen LogP contribution >= 0.6 is 0 Å². The summed E-state index contributed by atoms with van der Waals surface area (Å²) in [4.78, 5) is 14.8. The van der Waals surface area contributed by atoms with Crippen molar-refractivity contribution in [2.45, 2.75) is 72.1 Å². The number of hydrogen-bond acceptors (Lipinski definition) is 2. The number of rotatable bonds is 4. The third-order valence-corrected chi connectivity index (χ3v) is 5.42. The van der Waals surface area contributed by atoms with Crippen LogP contribution in [0.4, 0.5) is 0 Å². The molecule has 2 heteroatoms. The summed E-state index contributed by atoms with van der Waals surface area (Å²) in [6.07, 6.45) is 9.77. The predicted octanol–water partition coefficient (Wildman–Crippen LogP) is 4.28. The number of ketones is 1. The Morgan fingerprint density at radius 3 is 2.80 bits per heavy atom. The zero-order valence-corrected chi connectivity index (χ0v) is 13.8. The number of carbonyl (C=O) groups is 1.